The Morgan fingerprint density at radius 2 is 2.33 bits per heavy atom. The van der Waals surface area contributed by atoms with Gasteiger partial charge in [-0.05, 0) is 23.8 Å². The van der Waals surface area contributed by atoms with Crippen molar-refractivity contribution in [2.75, 3.05) is 0 Å². The monoisotopic (exact) mass is 166 g/mol. The molecule has 61 valence electrons. The van der Waals surface area contributed by atoms with Gasteiger partial charge in [-0.1, -0.05) is 6.58 Å². The van der Waals surface area contributed by atoms with Gasteiger partial charge in [0.2, 0.25) is 0 Å². The predicted octanol–water partition coefficient (Wildman–Crippen LogP) is 2.68. The van der Waals surface area contributed by atoms with Gasteiger partial charge in [-0.25, -0.2) is 0 Å². The molecule has 0 saturated carbocycles. The highest BCUT2D eigenvalue weighted by Gasteiger charge is 1.97. The van der Waals surface area contributed by atoms with Crippen molar-refractivity contribution < 1.29 is 8.78 Å². The van der Waals surface area contributed by atoms with Crippen LogP contribution in [0.3, 0.4) is 0 Å². The van der Waals surface area contributed by atoms with Crippen LogP contribution in [0, 0.1) is 6.07 Å². The number of pyridine rings is 1. The van der Waals surface area contributed by atoms with Crippen molar-refractivity contribution in [1.82, 2.24) is 4.98 Å². The smallest absolute Gasteiger partial charge is 0.256 e. The summed E-state index contributed by atoms with van der Waals surface area (Å²) < 4.78 is 23.5. The van der Waals surface area contributed by atoms with Gasteiger partial charge >= 0.3 is 0 Å². The molecule has 0 amide bonds. The van der Waals surface area contributed by atoms with Crippen LogP contribution < -0.4 is 0 Å². The second-order valence-corrected chi connectivity index (χ2v) is 2.10. The summed E-state index contributed by atoms with van der Waals surface area (Å²) in [5.74, 6) is 0. The minimum absolute atomic E-state index is 0.187. The van der Waals surface area contributed by atoms with Gasteiger partial charge in [-0.15, -0.1) is 0 Å². The van der Waals surface area contributed by atoms with Crippen LogP contribution in [-0.2, 0) is 0 Å². The predicted molar refractivity (Wildman–Crippen MR) is 42.4 cm³/mol. The molecule has 1 radical (unpaired) electrons. The molecule has 0 atom stereocenters. The summed E-state index contributed by atoms with van der Waals surface area (Å²) in [6, 6.07) is 5.81. The Labute approximate surface area is 69.1 Å². The average molecular weight is 166 g/mol. The van der Waals surface area contributed by atoms with E-state index in [1.165, 1.54) is 12.3 Å². The van der Waals surface area contributed by atoms with E-state index in [0.717, 1.165) is 0 Å². The first-order valence-corrected chi connectivity index (χ1v) is 3.24. The molecule has 0 unspecified atom stereocenters. The lowest BCUT2D eigenvalue weighted by atomic mass is 10.2. The van der Waals surface area contributed by atoms with Crippen molar-refractivity contribution in [3.05, 3.63) is 48.8 Å². The Morgan fingerprint density at radius 1 is 1.58 bits per heavy atom. The molecule has 0 aliphatic heterocycles. The fourth-order valence-electron chi connectivity index (χ4n) is 0.706. The van der Waals surface area contributed by atoms with Crippen LogP contribution in [0.4, 0.5) is 8.78 Å². The molecule has 3 heteroatoms. The molecule has 0 aromatic carbocycles. The molecule has 1 nitrogen and oxygen atoms in total. The van der Waals surface area contributed by atoms with Gasteiger partial charge in [0.15, 0.2) is 0 Å². The highest BCUT2D eigenvalue weighted by Crippen LogP contribution is 2.12. The van der Waals surface area contributed by atoms with Crippen LogP contribution in [-0.4, -0.2) is 4.98 Å². The molecule has 0 N–H and O–H groups in total. The average Bonchev–Trinajstić information content (AvgIpc) is 2.05. The van der Waals surface area contributed by atoms with Crippen molar-refractivity contribution in [3.63, 3.8) is 0 Å². The van der Waals surface area contributed by atoms with Gasteiger partial charge in [0.05, 0.1) is 5.69 Å². The van der Waals surface area contributed by atoms with Crippen molar-refractivity contribution in [3.8, 4) is 0 Å². The highest BCUT2D eigenvalue weighted by molar-refractivity contribution is 5.69. The molecule has 1 heterocycles. The van der Waals surface area contributed by atoms with E-state index < -0.39 is 6.08 Å². The summed E-state index contributed by atoms with van der Waals surface area (Å²) in [4.78, 5) is 3.82. The molecule has 12 heavy (non-hydrogen) atoms. The fraction of sp³-hybridized carbons (Fsp3) is 0. The number of nitrogens with zero attached hydrogens (tertiary/aromatic N) is 1. The van der Waals surface area contributed by atoms with Gasteiger partial charge in [-0.2, -0.15) is 8.78 Å². The maximum atomic E-state index is 11.7. The summed E-state index contributed by atoms with van der Waals surface area (Å²) >= 11 is 0. The molecule has 0 fully saturated rings. The molecule has 0 bridgehead atoms. The SMILES string of the molecule is C=C(C=C(F)F)c1c[c]ccn1. The molecular weight excluding hydrogens is 160 g/mol. The van der Waals surface area contributed by atoms with Gasteiger partial charge in [-0.3, -0.25) is 4.98 Å². The Morgan fingerprint density at radius 3 is 2.83 bits per heavy atom. The van der Waals surface area contributed by atoms with E-state index in [0.29, 0.717) is 11.8 Å². The van der Waals surface area contributed by atoms with Gasteiger partial charge in [0, 0.05) is 12.3 Å². The number of hydrogen-bond donors (Lipinski definition) is 0. The third-order valence-corrected chi connectivity index (χ3v) is 1.22. The van der Waals surface area contributed by atoms with E-state index in [4.69, 9.17) is 0 Å². The Hall–Kier alpha value is -1.51. The van der Waals surface area contributed by atoms with E-state index in [1.807, 2.05) is 0 Å². The largest absolute Gasteiger partial charge is 0.270 e. The first-order chi connectivity index (χ1) is 5.70. The zero-order valence-corrected chi connectivity index (χ0v) is 6.22. The minimum atomic E-state index is -1.77. The normalized spacial score (nSPS) is 9.17. The van der Waals surface area contributed by atoms with Crippen molar-refractivity contribution in [2.24, 2.45) is 0 Å². The van der Waals surface area contributed by atoms with E-state index in [-0.39, 0.29) is 5.57 Å². The molecule has 1 aromatic rings. The third kappa shape index (κ3) is 2.27. The van der Waals surface area contributed by atoms with E-state index in [2.05, 4.69) is 17.6 Å². The second-order valence-electron chi connectivity index (χ2n) is 2.10. The topological polar surface area (TPSA) is 12.9 Å². The van der Waals surface area contributed by atoms with E-state index in [9.17, 15) is 8.78 Å². The number of hydrogen-bond acceptors (Lipinski definition) is 1. The quantitative estimate of drug-likeness (QED) is 0.615. The Balaban J connectivity index is 2.87. The van der Waals surface area contributed by atoms with Gasteiger partial charge in [0.25, 0.3) is 6.08 Å². The number of halogens is 2. The maximum absolute atomic E-state index is 11.7. The molecule has 0 spiro atoms. The highest BCUT2D eigenvalue weighted by atomic mass is 19.3. The summed E-state index contributed by atoms with van der Waals surface area (Å²) in [6.07, 6.45) is 0.381. The van der Waals surface area contributed by atoms with Crippen molar-refractivity contribution >= 4 is 5.57 Å². The molecule has 0 aliphatic rings. The number of aromatic nitrogens is 1. The summed E-state index contributed by atoms with van der Waals surface area (Å²) in [7, 11) is 0. The zero-order valence-electron chi connectivity index (χ0n) is 6.22. The van der Waals surface area contributed by atoms with Crippen LogP contribution in [0.25, 0.3) is 5.57 Å². The van der Waals surface area contributed by atoms with Gasteiger partial charge < -0.3 is 0 Å². The minimum Gasteiger partial charge on any atom is -0.256 e. The summed E-state index contributed by atoms with van der Waals surface area (Å²) in [5.41, 5.74) is 0.595. The lowest BCUT2D eigenvalue weighted by Gasteiger charge is -1.95. The zero-order chi connectivity index (χ0) is 8.97. The number of rotatable bonds is 2. The summed E-state index contributed by atoms with van der Waals surface area (Å²) in [5, 5.41) is 0. The Bertz CT molecular complexity index is 300. The Kier molecular flexibility index (Phi) is 2.69. The standard InChI is InChI=1S/C9H6F2N/c1-7(6-9(10)11)8-4-2-3-5-12-8/h3-6H,1H2. The lowest BCUT2D eigenvalue weighted by molar-refractivity contribution is 0.422. The first-order valence-electron chi connectivity index (χ1n) is 3.24. The van der Waals surface area contributed by atoms with Crippen LogP contribution in [0.15, 0.2) is 37.1 Å². The fourth-order valence-corrected chi connectivity index (χ4v) is 0.706. The number of allylic oxidation sites excluding steroid dienone is 2. The van der Waals surface area contributed by atoms with E-state index in [1.54, 1.807) is 6.07 Å². The van der Waals surface area contributed by atoms with Crippen LogP contribution >= 0.6 is 0 Å². The molecule has 0 saturated heterocycles. The second kappa shape index (κ2) is 3.76. The molecule has 1 aromatic heterocycles. The molecular formula is C9H6F2N. The lowest BCUT2D eigenvalue weighted by Crippen LogP contribution is -1.83. The van der Waals surface area contributed by atoms with Crippen LogP contribution in [0.1, 0.15) is 5.69 Å². The van der Waals surface area contributed by atoms with E-state index >= 15 is 0 Å². The van der Waals surface area contributed by atoms with Gasteiger partial charge in [0.1, 0.15) is 0 Å². The van der Waals surface area contributed by atoms with Crippen LogP contribution in [0.2, 0.25) is 0 Å². The van der Waals surface area contributed by atoms with Crippen molar-refractivity contribution in [2.45, 2.75) is 0 Å². The first kappa shape index (κ1) is 8.59. The molecule has 0 aliphatic carbocycles. The third-order valence-electron chi connectivity index (χ3n) is 1.22. The van der Waals surface area contributed by atoms with Crippen LogP contribution in [0.5, 0.6) is 0 Å². The van der Waals surface area contributed by atoms with Crippen molar-refractivity contribution in [1.29, 1.82) is 0 Å². The maximum Gasteiger partial charge on any atom is 0.270 e. The molecule has 1 rings (SSSR count). The summed E-state index contributed by atoms with van der Waals surface area (Å²) in [6.45, 7) is 3.43.